The van der Waals surface area contributed by atoms with Crippen molar-refractivity contribution in [3.05, 3.63) is 11.1 Å². The van der Waals surface area contributed by atoms with Crippen molar-refractivity contribution in [2.24, 2.45) is 5.73 Å². The summed E-state index contributed by atoms with van der Waals surface area (Å²) in [6.45, 7) is 3.84. The van der Waals surface area contributed by atoms with Crippen LogP contribution in [0.5, 0.6) is 0 Å². The second-order valence-corrected chi connectivity index (χ2v) is 3.74. The predicted octanol–water partition coefficient (Wildman–Crippen LogP) is 1.33. The van der Waals surface area contributed by atoms with E-state index in [1.165, 1.54) is 0 Å². The lowest BCUT2D eigenvalue weighted by molar-refractivity contribution is -0.133. The number of nitrogens with two attached hydrogens (primary N) is 1. The molecule has 88 valence electrons. The van der Waals surface area contributed by atoms with E-state index in [1.54, 1.807) is 0 Å². The monoisotopic (exact) mass is 224 g/mol. The average molecular weight is 224 g/mol. The van der Waals surface area contributed by atoms with Crippen LogP contribution in [0.25, 0.3) is 0 Å². The maximum absolute atomic E-state index is 11.8. The minimum Gasteiger partial charge on any atom is -0.351 e. The summed E-state index contributed by atoms with van der Waals surface area (Å²) in [6.07, 6.45) is 2.55. The highest BCUT2D eigenvalue weighted by Gasteiger charge is 2.39. The molecule has 1 aliphatic rings. The van der Waals surface area contributed by atoms with Crippen molar-refractivity contribution in [1.82, 2.24) is 4.90 Å². The second-order valence-electron chi connectivity index (χ2n) is 3.74. The Bertz CT molecular complexity index is 343. The molecule has 0 spiro atoms. The zero-order valence-corrected chi connectivity index (χ0v) is 9.58. The van der Waals surface area contributed by atoms with Gasteiger partial charge in [0.2, 0.25) is 0 Å². The first kappa shape index (κ1) is 12.4. The van der Waals surface area contributed by atoms with E-state index in [2.05, 4.69) is 0 Å². The van der Waals surface area contributed by atoms with Crippen molar-refractivity contribution in [2.75, 3.05) is 0 Å². The molecule has 16 heavy (non-hydrogen) atoms. The standard InChI is InChI=1S/C11H16N2O3/c1-3-5-7-8(6-4-2)10(15)13(9(7)14)11(12)16/h3-6H2,1-2H3,(H2,12,16). The molecule has 0 bridgehead atoms. The topological polar surface area (TPSA) is 80.5 Å². The minimum atomic E-state index is -0.991. The lowest BCUT2D eigenvalue weighted by Crippen LogP contribution is -2.41. The molecule has 0 aromatic heterocycles. The van der Waals surface area contributed by atoms with Crippen LogP contribution in [0, 0.1) is 0 Å². The molecule has 5 nitrogen and oxygen atoms in total. The van der Waals surface area contributed by atoms with E-state index in [0.717, 1.165) is 12.8 Å². The molecule has 0 saturated heterocycles. The van der Waals surface area contributed by atoms with Crippen LogP contribution in [0.4, 0.5) is 4.79 Å². The molecule has 2 N–H and O–H groups in total. The Labute approximate surface area is 94.3 Å². The number of carbonyl (C=O) groups excluding carboxylic acids is 3. The average Bonchev–Trinajstić information content (AvgIpc) is 2.43. The summed E-state index contributed by atoms with van der Waals surface area (Å²) >= 11 is 0. The molecule has 0 fully saturated rings. The van der Waals surface area contributed by atoms with E-state index in [1.807, 2.05) is 13.8 Å². The molecular formula is C11H16N2O3. The summed E-state index contributed by atoms with van der Waals surface area (Å²) in [5.74, 6) is -1.08. The number of primary amides is 1. The van der Waals surface area contributed by atoms with Gasteiger partial charge in [-0.2, -0.15) is 4.90 Å². The van der Waals surface area contributed by atoms with Crippen LogP contribution in [0.1, 0.15) is 39.5 Å². The Kier molecular flexibility index (Phi) is 3.82. The molecule has 0 saturated carbocycles. The third kappa shape index (κ3) is 1.98. The SMILES string of the molecule is CCCC1=C(CCC)C(=O)N(C(N)=O)C1=O. The number of amides is 4. The van der Waals surface area contributed by atoms with Gasteiger partial charge in [0.25, 0.3) is 11.8 Å². The Morgan fingerprint density at radius 3 is 1.69 bits per heavy atom. The summed E-state index contributed by atoms with van der Waals surface area (Å²) in [5.41, 5.74) is 5.92. The van der Waals surface area contributed by atoms with Gasteiger partial charge in [0.15, 0.2) is 0 Å². The molecule has 0 aliphatic carbocycles. The molecule has 0 unspecified atom stereocenters. The first-order valence-corrected chi connectivity index (χ1v) is 5.44. The van der Waals surface area contributed by atoms with Gasteiger partial charge in [0.1, 0.15) is 0 Å². The minimum absolute atomic E-state index is 0.452. The number of rotatable bonds is 4. The van der Waals surface area contributed by atoms with Gasteiger partial charge in [-0.15, -0.1) is 0 Å². The summed E-state index contributed by atoms with van der Waals surface area (Å²) in [4.78, 5) is 35.1. The van der Waals surface area contributed by atoms with Crippen LogP contribution in [0.2, 0.25) is 0 Å². The Balaban J connectivity index is 3.09. The first-order valence-electron chi connectivity index (χ1n) is 5.44. The van der Waals surface area contributed by atoms with E-state index < -0.39 is 17.8 Å². The summed E-state index contributed by atoms with van der Waals surface area (Å²) in [6, 6.07) is -0.991. The fraction of sp³-hybridized carbons (Fsp3) is 0.545. The van der Waals surface area contributed by atoms with Crippen LogP contribution in [-0.2, 0) is 9.59 Å². The number of carbonyl (C=O) groups is 3. The van der Waals surface area contributed by atoms with Gasteiger partial charge in [-0.1, -0.05) is 26.7 Å². The number of nitrogens with zero attached hydrogens (tertiary/aromatic N) is 1. The summed E-state index contributed by atoms with van der Waals surface area (Å²) < 4.78 is 0. The highest BCUT2D eigenvalue weighted by Crippen LogP contribution is 2.27. The van der Waals surface area contributed by atoms with Gasteiger partial charge in [-0.3, -0.25) is 9.59 Å². The number of hydrogen-bond acceptors (Lipinski definition) is 3. The maximum atomic E-state index is 11.8. The Morgan fingerprint density at radius 1 is 1.06 bits per heavy atom. The zero-order valence-electron chi connectivity index (χ0n) is 9.58. The zero-order chi connectivity index (χ0) is 12.3. The van der Waals surface area contributed by atoms with Gasteiger partial charge in [0.05, 0.1) is 0 Å². The fourth-order valence-electron chi connectivity index (χ4n) is 1.84. The molecule has 0 aromatic carbocycles. The van der Waals surface area contributed by atoms with E-state index >= 15 is 0 Å². The van der Waals surface area contributed by atoms with Gasteiger partial charge in [0, 0.05) is 11.1 Å². The fourth-order valence-corrected chi connectivity index (χ4v) is 1.84. The molecule has 4 amide bonds. The Morgan fingerprint density at radius 2 is 1.44 bits per heavy atom. The third-order valence-electron chi connectivity index (χ3n) is 2.51. The van der Waals surface area contributed by atoms with E-state index in [0.29, 0.717) is 28.9 Å². The molecule has 0 atom stereocenters. The van der Waals surface area contributed by atoms with Crippen molar-refractivity contribution in [3.63, 3.8) is 0 Å². The van der Waals surface area contributed by atoms with Gasteiger partial charge >= 0.3 is 6.03 Å². The van der Waals surface area contributed by atoms with Crippen LogP contribution < -0.4 is 5.73 Å². The maximum Gasteiger partial charge on any atom is 0.328 e. The normalized spacial score (nSPS) is 16.2. The van der Waals surface area contributed by atoms with E-state index in [-0.39, 0.29) is 0 Å². The van der Waals surface area contributed by atoms with Crippen molar-refractivity contribution in [1.29, 1.82) is 0 Å². The van der Waals surface area contributed by atoms with Gasteiger partial charge in [-0.05, 0) is 12.8 Å². The van der Waals surface area contributed by atoms with Crippen LogP contribution >= 0.6 is 0 Å². The van der Waals surface area contributed by atoms with Gasteiger partial charge < -0.3 is 5.73 Å². The van der Waals surface area contributed by atoms with Crippen LogP contribution in [0.3, 0.4) is 0 Å². The summed E-state index contributed by atoms with van der Waals surface area (Å²) in [7, 11) is 0. The molecule has 0 aromatic rings. The van der Waals surface area contributed by atoms with Crippen molar-refractivity contribution < 1.29 is 14.4 Å². The molecule has 1 heterocycles. The second kappa shape index (κ2) is 4.92. The largest absolute Gasteiger partial charge is 0.351 e. The third-order valence-corrected chi connectivity index (χ3v) is 2.51. The molecule has 1 rings (SSSR count). The quantitative estimate of drug-likeness (QED) is 0.731. The van der Waals surface area contributed by atoms with E-state index in [4.69, 9.17) is 5.73 Å². The summed E-state index contributed by atoms with van der Waals surface area (Å²) in [5, 5.41) is 0. The predicted molar refractivity (Wildman–Crippen MR) is 58.3 cm³/mol. The molecule has 5 heteroatoms. The van der Waals surface area contributed by atoms with Crippen molar-refractivity contribution in [2.45, 2.75) is 39.5 Å². The number of hydrogen-bond donors (Lipinski definition) is 1. The number of urea groups is 1. The number of imide groups is 3. The Hall–Kier alpha value is -1.65. The highest BCUT2D eigenvalue weighted by molar-refractivity contribution is 6.26. The molecule has 1 aliphatic heterocycles. The first-order chi connectivity index (χ1) is 7.54. The van der Waals surface area contributed by atoms with Crippen molar-refractivity contribution >= 4 is 17.8 Å². The molecule has 0 radical (unpaired) electrons. The lowest BCUT2D eigenvalue weighted by atomic mass is 10.0. The highest BCUT2D eigenvalue weighted by atomic mass is 16.2. The van der Waals surface area contributed by atoms with E-state index in [9.17, 15) is 14.4 Å². The smallest absolute Gasteiger partial charge is 0.328 e. The molecular weight excluding hydrogens is 208 g/mol. The van der Waals surface area contributed by atoms with Crippen LogP contribution in [0.15, 0.2) is 11.1 Å². The van der Waals surface area contributed by atoms with Gasteiger partial charge in [-0.25, -0.2) is 4.79 Å². The van der Waals surface area contributed by atoms with Crippen molar-refractivity contribution in [3.8, 4) is 0 Å². The van der Waals surface area contributed by atoms with Crippen LogP contribution in [-0.4, -0.2) is 22.7 Å². The lowest BCUT2D eigenvalue weighted by Gasteiger charge is -2.08.